The third-order valence-corrected chi connectivity index (χ3v) is 11.6. The van der Waals surface area contributed by atoms with Gasteiger partial charge in [0, 0.05) is 6.61 Å². The van der Waals surface area contributed by atoms with E-state index in [0.717, 1.165) is 19.3 Å². The van der Waals surface area contributed by atoms with Gasteiger partial charge in [-0.15, -0.1) is 0 Å². The van der Waals surface area contributed by atoms with Gasteiger partial charge in [-0.2, -0.15) is 10.4 Å². The molecule has 1 fully saturated rings. The van der Waals surface area contributed by atoms with E-state index >= 15 is 0 Å². The Morgan fingerprint density at radius 3 is 2.21 bits per heavy atom. The highest BCUT2D eigenvalue weighted by Gasteiger charge is 2.53. The van der Waals surface area contributed by atoms with Gasteiger partial charge in [-0.05, 0) is 43.2 Å². The second-order valence-electron chi connectivity index (χ2n) is 15.5. The minimum absolute atomic E-state index is 0.0774. The normalized spacial score (nSPS) is 20.9. The molecule has 1 aliphatic heterocycles. The van der Waals surface area contributed by atoms with Crippen molar-refractivity contribution in [1.82, 2.24) is 14.6 Å². The van der Waals surface area contributed by atoms with Crippen LogP contribution in [0.5, 0.6) is 5.75 Å². The molecule has 4 rings (SSSR count). The van der Waals surface area contributed by atoms with E-state index in [0.29, 0.717) is 34.7 Å². The van der Waals surface area contributed by atoms with Crippen molar-refractivity contribution in [2.75, 3.05) is 39.3 Å². The number of aliphatic hydroxyl groups is 2. The van der Waals surface area contributed by atoms with Gasteiger partial charge in [0.1, 0.15) is 53.7 Å². The SMILES string of the molecule is CCCCCCCCCCCCCCCCCCOC[C@H](COP(=O)(O)OC[C@@]1(C)O[C@@H](c2ccc3c(N)ncnn23)[C@H](O)[C@@H]1O)OCc1ccc(OC)c(C#N)c1. The predicted molar refractivity (Wildman–Crippen MR) is 220 cm³/mol. The smallest absolute Gasteiger partial charge is 0.472 e. The molecule has 1 saturated heterocycles. The van der Waals surface area contributed by atoms with E-state index in [4.69, 9.17) is 33.7 Å². The molecule has 2 aromatic heterocycles. The van der Waals surface area contributed by atoms with Gasteiger partial charge in [0.25, 0.3) is 0 Å². The van der Waals surface area contributed by atoms with E-state index < -0.39 is 44.4 Å². The number of nitrogens with two attached hydrogens (primary N) is 1. The zero-order valence-electron chi connectivity index (χ0n) is 34.6. The average molecular weight is 832 g/mol. The summed E-state index contributed by atoms with van der Waals surface area (Å²) < 4.78 is 48.5. The number of anilines is 1. The minimum atomic E-state index is -4.72. The topological polar surface area (TPSA) is 213 Å². The van der Waals surface area contributed by atoms with Crippen LogP contribution >= 0.6 is 7.82 Å². The molecule has 1 unspecified atom stereocenters. The lowest BCUT2D eigenvalue weighted by atomic mass is 9.97. The molecule has 15 nitrogen and oxygen atoms in total. The van der Waals surface area contributed by atoms with Crippen molar-refractivity contribution in [2.24, 2.45) is 0 Å². The lowest BCUT2D eigenvalue weighted by molar-refractivity contribution is -0.102. The number of benzene rings is 1. The number of hydrogen-bond acceptors (Lipinski definition) is 13. The number of rotatable bonds is 30. The molecule has 0 bridgehead atoms. The summed E-state index contributed by atoms with van der Waals surface area (Å²) in [6.45, 7) is 3.45. The monoisotopic (exact) mass is 831 g/mol. The van der Waals surface area contributed by atoms with E-state index in [2.05, 4.69) is 23.1 Å². The van der Waals surface area contributed by atoms with Crippen LogP contribution in [-0.2, 0) is 34.4 Å². The molecule has 0 amide bonds. The van der Waals surface area contributed by atoms with Crippen LogP contribution < -0.4 is 10.5 Å². The number of fused-ring (bicyclic) bond motifs is 1. The first-order valence-electron chi connectivity index (χ1n) is 21.0. The fraction of sp³-hybridized carbons (Fsp3) is 0.690. The summed E-state index contributed by atoms with van der Waals surface area (Å²) in [6.07, 6.45) is 17.0. The number of unbranched alkanes of at least 4 members (excludes halogenated alkanes) is 15. The Kier molecular flexibility index (Phi) is 20.3. The van der Waals surface area contributed by atoms with Crippen LogP contribution in [0.25, 0.3) is 5.52 Å². The fourth-order valence-electron chi connectivity index (χ4n) is 7.18. The summed E-state index contributed by atoms with van der Waals surface area (Å²) in [7, 11) is -3.23. The highest BCUT2D eigenvalue weighted by molar-refractivity contribution is 7.47. The summed E-state index contributed by atoms with van der Waals surface area (Å²) in [5, 5.41) is 35.6. The first-order chi connectivity index (χ1) is 28.0. The number of methoxy groups -OCH3 is 1. The Balaban J connectivity index is 1.20. The zero-order chi connectivity index (χ0) is 41.8. The molecule has 3 aromatic rings. The van der Waals surface area contributed by atoms with E-state index in [1.54, 1.807) is 30.3 Å². The first kappa shape index (κ1) is 47.5. The maximum absolute atomic E-state index is 13.1. The summed E-state index contributed by atoms with van der Waals surface area (Å²) in [6, 6.07) is 10.5. The Morgan fingerprint density at radius 1 is 0.948 bits per heavy atom. The minimum Gasteiger partial charge on any atom is -0.495 e. The number of aromatic nitrogens is 3. The number of ether oxygens (including phenoxy) is 4. The van der Waals surface area contributed by atoms with Crippen LogP contribution in [-0.4, -0.2) is 87.2 Å². The van der Waals surface area contributed by atoms with Gasteiger partial charge in [-0.1, -0.05) is 109 Å². The van der Waals surface area contributed by atoms with Gasteiger partial charge in [-0.3, -0.25) is 9.05 Å². The average Bonchev–Trinajstić information content (AvgIpc) is 3.75. The van der Waals surface area contributed by atoms with Crippen molar-refractivity contribution in [3.63, 3.8) is 0 Å². The third-order valence-electron chi connectivity index (χ3n) is 10.7. The summed E-state index contributed by atoms with van der Waals surface area (Å²) in [5.74, 6) is 0.665. The highest BCUT2D eigenvalue weighted by atomic mass is 31.2. The van der Waals surface area contributed by atoms with Crippen LogP contribution in [0.1, 0.15) is 140 Å². The van der Waals surface area contributed by atoms with Gasteiger partial charge in [-0.25, -0.2) is 14.1 Å². The van der Waals surface area contributed by atoms with Gasteiger partial charge in [0.2, 0.25) is 0 Å². The molecule has 0 spiro atoms. The van der Waals surface area contributed by atoms with E-state index in [1.165, 1.54) is 108 Å². The van der Waals surface area contributed by atoms with E-state index in [1.807, 2.05) is 0 Å². The van der Waals surface area contributed by atoms with Crippen LogP contribution in [0.4, 0.5) is 5.82 Å². The van der Waals surface area contributed by atoms with Gasteiger partial charge in [0.15, 0.2) is 5.82 Å². The zero-order valence-corrected chi connectivity index (χ0v) is 35.5. The molecule has 16 heteroatoms. The van der Waals surface area contributed by atoms with Crippen LogP contribution in [0, 0.1) is 11.3 Å². The molecular formula is C42H66N5O10P. The Bertz CT molecular complexity index is 1740. The molecule has 1 aromatic carbocycles. The predicted octanol–water partition coefficient (Wildman–Crippen LogP) is 7.74. The Labute approximate surface area is 343 Å². The molecule has 324 valence electrons. The molecule has 58 heavy (non-hydrogen) atoms. The van der Waals surface area contributed by atoms with Crippen molar-refractivity contribution >= 4 is 19.2 Å². The van der Waals surface area contributed by atoms with Crippen molar-refractivity contribution in [2.45, 2.75) is 153 Å². The molecule has 0 aliphatic carbocycles. The third kappa shape index (κ3) is 14.8. The number of nitrogen functional groups attached to an aromatic ring is 1. The maximum Gasteiger partial charge on any atom is 0.472 e. The molecular weight excluding hydrogens is 765 g/mol. The second-order valence-corrected chi connectivity index (χ2v) is 16.9. The van der Waals surface area contributed by atoms with Crippen LogP contribution in [0.3, 0.4) is 0 Å². The molecule has 1 aliphatic rings. The highest BCUT2D eigenvalue weighted by Crippen LogP contribution is 2.47. The van der Waals surface area contributed by atoms with Crippen LogP contribution in [0.2, 0.25) is 0 Å². The van der Waals surface area contributed by atoms with Gasteiger partial charge < -0.3 is 39.8 Å². The number of hydrogen-bond donors (Lipinski definition) is 4. The number of nitrogens with zero attached hydrogens (tertiary/aromatic N) is 4. The summed E-state index contributed by atoms with van der Waals surface area (Å²) >= 11 is 0. The summed E-state index contributed by atoms with van der Waals surface area (Å²) in [4.78, 5) is 14.6. The van der Waals surface area contributed by atoms with Gasteiger partial charge >= 0.3 is 7.82 Å². The number of aliphatic hydroxyl groups excluding tert-OH is 2. The van der Waals surface area contributed by atoms with E-state index in [-0.39, 0.29) is 25.6 Å². The van der Waals surface area contributed by atoms with Crippen molar-refractivity contribution < 1.29 is 47.7 Å². The quantitative estimate of drug-likeness (QED) is 0.0374. The molecule has 0 saturated carbocycles. The number of phosphoric ester groups is 1. The molecule has 5 N–H and O–H groups in total. The lowest BCUT2D eigenvalue weighted by Crippen LogP contribution is -2.44. The number of nitriles is 1. The van der Waals surface area contributed by atoms with Crippen molar-refractivity contribution in [3.05, 3.63) is 53.5 Å². The number of phosphoric acid groups is 1. The second kappa shape index (κ2) is 24.8. The van der Waals surface area contributed by atoms with Crippen molar-refractivity contribution in [1.29, 1.82) is 5.26 Å². The Hall–Kier alpha value is -3.16. The lowest BCUT2D eigenvalue weighted by Gasteiger charge is -2.28. The van der Waals surface area contributed by atoms with Crippen LogP contribution in [0.15, 0.2) is 36.7 Å². The fourth-order valence-corrected chi connectivity index (χ4v) is 8.03. The van der Waals surface area contributed by atoms with Crippen molar-refractivity contribution in [3.8, 4) is 11.8 Å². The molecule has 6 atom stereocenters. The molecule has 3 heterocycles. The summed E-state index contributed by atoms with van der Waals surface area (Å²) in [5.41, 5.74) is 6.29. The van der Waals surface area contributed by atoms with E-state index in [9.17, 15) is 24.9 Å². The largest absolute Gasteiger partial charge is 0.495 e. The Morgan fingerprint density at radius 2 is 1.59 bits per heavy atom. The first-order valence-corrected chi connectivity index (χ1v) is 22.5. The maximum atomic E-state index is 13.1. The molecule has 0 radical (unpaired) electrons. The van der Waals surface area contributed by atoms with Gasteiger partial charge in [0.05, 0.1) is 44.8 Å². The standard InChI is InChI=1S/C42H66N5O10P/c1-4-5-6-7-8-9-10-11-12-13-14-15-16-17-18-19-24-53-28-34(54-27-32-20-23-37(52-3)33(25-32)26-43)29-55-58(50,51)56-30-42(2)40(49)38(48)39(57-42)35-21-22-36-41(44)45-31-46-47(35)36/h20-23,25,31,34,38-40,48-49H,4-19,24,27-30H2,1-3H3,(H,50,51)(H2,44,45,46)/t34-,38+,39+,40+,42-/m1/s1.